The predicted molar refractivity (Wildman–Crippen MR) is 64.3 cm³/mol. The fraction of sp³-hybridized carbons (Fsp3) is 0.600. The highest BCUT2D eigenvalue weighted by molar-refractivity contribution is 5.87. The lowest BCUT2D eigenvalue weighted by atomic mass is 10.3. The summed E-state index contributed by atoms with van der Waals surface area (Å²) in [5.74, 6) is -2.80. The van der Waals surface area contributed by atoms with Crippen LogP contribution in [0.5, 0.6) is 0 Å². The lowest BCUT2D eigenvalue weighted by Crippen LogP contribution is -2.55. The topological polar surface area (TPSA) is 156 Å². The molecule has 1 rings (SSSR count). The van der Waals surface area contributed by atoms with Gasteiger partial charge in [0.05, 0.1) is 13.2 Å². The van der Waals surface area contributed by atoms with E-state index < -0.39 is 43.0 Å². The summed E-state index contributed by atoms with van der Waals surface area (Å²) in [6, 6.07) is -0.683. The average molecular weight is 288 g/mol. The molecule has 5 N–H and O–H groups in total. The van der Waals surface area contributed by atoms with Crippen LogP contribution in [-0.4, -0.2) is 77.6 Å². The van der Waals surface area contributed by atoms with Gasteiger partial charge in [-0.1, -0.05) is 0 Å². The van der Waals surface area contributed by atoms with Crippen LogP contribution in [0.4, 0.5) is 4.79 Å². The second-order valence-electron chi connectivity index (χ2n) is 4.21. The van der Waals surface area contributed by atoms with Gasteiger partial charge in [0.15, 0.2) is 6.10 Å². The van der Waals surface area contributed by atoms with Gasteiger partial charge in [-0.15, -0.1) is 0 Å². The maximum Gasteiger partial charge on any atom is 0.334 e. The summed E-state index contributed by atoms with van der Waals surface area (Å²) >= 11 is 0. The van der Waals surface area contributed by atoms with E-state index in [1.54, 1.807) is 0 Å². The number of amides is 4. The maximum absolute atomic E-state index is 12.1. The fourth-order valence-corrected chi connectivity index (χ4v) is 1.74. The number of carboxylic acid groups (broad SMARTS) is 1. The SMILES string of the molecule is NC(=O)CN(CC(N)=O)C(=O)N1CCOC(C(=O)O)C1. The first-order valence-electron chi connectivity index (χ1n) is 5.76. The van der Waals surface area contributed by atoms with E-state index in [4.69, 9.17) is 21.3 Å². The number of carbonyl (C=O) groups excluding carboxylic acids is 3. The van der Waals surface area contributed by atoms with Crippen LogP contribution in [0.2, 0.25) is 0 Å². The molecule has 1 saturated heterocycles. The van der Waals surface area contributed by atoms with E-state index in [1.165, 1.54) is 4.90 Å². The van der Waals surface area contributed by atoms with Gasteiger partial charge in [0.1, 0.15) is 13.1 Å². The molecule has 0 radical (unpaired) electrons. The van der Waals surface area contributed by atoms with Crippen LogP contribution in [0.15, 0.2) is 0 Å². The summed E-state index contributed by atoms with van der Waals surface area (Å²) in [5, 5.41) is 8.84. The summed E-state index contributed by atoms with van der Waals surface area (Å²) < 4.78 is 4.97. The second-order valence-corrected chi connectivity index (χ2v) is 4.21. The molecule has 4 amide bonds. The van der Waals surface area contributed by atoms with Crippen molar-refractivity contribution in [3.05, 3.63) is 0 Å². The highest BCUT2D eigenvalue weighted by atomic mass is 16.5. The number of urea groups is 1. The van der Waals surface area contributed by atoms with E-state index in [0.717, 1.165) is 4.90 Å². The van der Waals surface area contributed by atoms with E-state index in [2.05, 4.69) is 0 Å². The zero-order valence-electron chi connectivity index (χ0n) is 10.7. The van der Waals surface area contributed by atoms with Crippen molar-refractivity contribution in [3.63, 3.8) is 0 Å². The number of carboxylic acids is 1. The summed E-state index contributed by atoms with van der Waals surface area (Å²) in [7, 11) is 0. The van der Waals surface area contributed by atoms with Crippen molar-refractivity contribution in [2.24, 2.45) is 11.5 Å². The van der Waals surface area contributed by atoms with Gasteiger partial charge in [0.25, 0.3) is 0 Å². The normalized spacial score (nSPS) is 18.4. The maximum atomic E-state index is 12.1. The van der Waals surface area contributed by atoms with E-state index in [0.29, 0.717) is 0 Å². The molecule has 20 heavy (non-hydrogen) atoms. The van der Waals surface area contributed by atoms with Gasteiger partial charge in [0.2, 0.25) is 11.8 Å². The third kappa shape index (κ3) is 4.39. The standard InChI is InChI=1S/C10H16N4O6/c11-7(15)4-14(5-8(12)16)10(19)13-1-2-20-6(3-13)9(17)18/h6H,1-5H2,(H2,11,15)(H2,12,16)(H,17,18). The van der Waals surface area contributed by atoms with Crippen molar-refractivity contribution in [2.45, 2.75) is 6.10 Å². The highest BCUT2D eigenvalue weighted by Crippen LogP contribution is 2.08. The first-order chi connectivity index (χ1) is 9.31. The fourth-order valence-electron chi connectivity index (χ4n) is 1.74. The van der Waals surface area contributed by atoms with Gasteiger partial charge >= 0.3 is 12.0 Å². The Bertz CT molecular complexity index is 410. The van der Waals surface area contributed by atoms with E-state index >= 15 is 0 Å². The zero-order valence-corrected chi connectivity index (χ0v) is 10.7. The molecule has 0 aromatic carbocycles. The molecule has 0 saturated carbocycles. The van der Waals surface area contributed by atoms with Crippen molar-refractivity contribution < 1.29 is 29.0 Å². The van der Waals surface area contributed by atoms with Gasteiger partial charge in [-0.3, -0.25) is 9.59 Å². The van der Waals surface area contributed by atoms with Gasteiger partial charge in [-0.2, -0.15) is 0 Å². The van der Waals surface area contributed by atoms with E-state index in [1.807, 2.05) is 0 Å². The summed E-state index contributed by atoms with van der Waals surface area (Å²) in [6.45, 7) is -0.934. The predicted octanol–water partition coefficient (Wildman–Crippen LogP) is -2.84. The molecule has 0 aliphatic carbocycles. The molecule has 1 aliphatic rings. The number of nitrogens with zero attached hydrogens (tertiary/aromatic N) is 2. The number of carbonyl (C=O) groups is 4. The Kier molecular flexibility index (Phi) is 5.26. The molecule has 0 aromatic rings. The number of nitrogens with two attached hydrogens (primary N) is 2. The second kappa shape index (κ2) is 6.70. The van der Waals surface area contributed by atoms with Crippen LogP contribution in [0, 0.1) is 0 Å². The number of ether oxygens (including phenoxy) is 1. The summed E-state index contributed by atoms with van der Waals surface area (Å²) in [6.07, 6.45) is -1.14. The summed E-state index contributed by atoms with van der Waals surface area (Å²) in [5.41, 5.74) is 9.98. The van der Waals surface area contributed by atoms with Gasteiger partial charge in [-0.05, 0) is 0 Å². The van der Waals surface area contributed by atoms with Crippen LogP contribution in [-0.2, 0) is 19.1 Å². The molecule has 0 bridgehead atoms. The molecule has 0 spiro atoms. The lowest BCUT2D eigenvalue weighted by molar-refractivity contribution is -0.154. The van der Waals surface area contributed by atoms with Crippen molar-refractivity contribution in [2.75, 3.05) is 32.8 Å². The largest absolute Gasteiger partial charge is 0.479 e. The van der Waals surface area contributed by atoms with Crippen LogP contribution in [0.3, 0.4) is 0 Å². The van der Waals surface area contributed by atoms with Gasteiger partial charge < -0.3 is 31.1 Å². The van der Waals surface area contributed by atoms with Crippen molar-refractivity contribution in [1.29, 1.82) is 0 Å². The van der Waals surface area contributed by atoms with Crippen LogP contribution in [0.25, 0.3) is 0 Å². The van der Waals surface area contributed by atoms with Gasteiger partial charge in [0, 0.05) is 6.54 Å². The van der Waals surface area contributed by atoms with E-state index in [9.17, 15) is 19.2 Å². The quantitative estimate of drug-likeness (QED) is 0.494. The molecule has 112 valence electrons. The minimum Gasteiger partial charge on any atom is -0.479 e. The van der Waals surface area contributed by atoms with E-state index in [-0.39, 0.29) is 19.7 Å². The molecule has 10 nitrogen and oxygen atoms in total. The first-order valence-corrected chi connectivity index (χ1v) is 5.76. The molecule has 0 aromatic heterocycles. The number of hydrogen-bond acceptors (Lipinski definition) is 5. The number of aliphatic carboxylic acids is 1. The number of hydrogen-bond donors (Lipinski definition) is 3. The lowest BCUT2D eigenvalue weighted by Gasteiger charge is -2.34. The Morgan fingerprint density at radius 1 is 1.20 bits per heavy atom. The molecular formula is C10H16N4O6. The Balaban J connectivity index is 2.74. The number of rotatable bonds is 5. The Morgan fingerprint density at radius 3 is 2.20 bits per heavy atom. The summed E-state index contributed by atoms with van der Waals surface area (Å²) in [4.78, 5) is 46.8. The Labute approximate surface area is 114 Å². The van der Waals surface area contributed by atoms with Crippen molar-refractivity contribution >= 4 is 23.8 Å². The molecule has 1 heterocycles. The highest BCUT2D eigenvalue weighted by Gasteiger charge is 2.32. The van der Waals surface area contributed by atoms with Crippen LogP contribution in [0.1, 0.15) is 0 Å². The molecule has 1 aliphatic heterocycles. The van der Waals surface area contributed by atoms with Crippen molar-refractivity contribution in [1.82, 2.24) is 9.80 Å². The molecule has 1 atom stereocenters. The average Bonchev–Trinajstić information content (AvgIpc) is 2.36. The third-order valence-electron chi connectivity index (χ3n) is 2.58. The minimum absolute atomic E-state index is 0.0453. The van der Waals surface area contributed by atoms with Gasteiger partial charge in [-0.25, -0.2) is 9.59 Å². The third-order valence-corrected chi connectivity index (χ3v) is 2.58. The number of primary amides is 2. The smallest absolute Gasteiger partial charge is 0.334 e. The van der Waals surface area contributed by atoms with Crippen molar-refractivity contribution in [3.8, 4) is 0 Å². The van der Waals surface area contributed by atoms with Crippen LogP contribution < -0.4 is 11.5 Å². The first kappa shape index (κ1) is 15.7. The minimum atomic E-state index is -1.20. The number of morpholine rings is 1. The molecule has 1 fully saturated rings. The zero-order chi connectivity index (χ0) is 15.3. The molecule has 10 heteroatoms. The molecular weight excluding hydrogens is 272 g/mol. The Morgan fingerprint density at radius 2 is 1.75 bits per heavy atom. The van der Waals surface area contributed by atoms with Crippen LogP contribution >= 0.6 is 0 Å². The molecule has 1 unspecified atom stereocenters. The Hall–Kier alpha value is -2.36. The monoisotopic (exact) mass is 288 g/mol.